The van der Waals surface area contributed by atoms with E-state index in [1.807, 2.05) is 0 Å². The van der Waals surface area contributed by atoms with Crippen molar-refractivity contribution in [1.29, 1.82) is 0 Å². The molecule has 1 aliphatic rings. The van der Waals surface area contributed by atoms with Crippen molar-refractivity contribution in [1.82, 2.24) is 0 Å². The van der Waals surface area contributed by atoms with Crippen LogP contribution in [0.4, 0.5) is 11.4 Å². The number of hydrogen-bond donors (Lipinski definition) is 2. The van der Waals surface area contributed by atoms with Gasteiger partial charge in [-0.2, -0.15) is 0 Å². The van der Waals surface area contributed by atoms with Gasteiger partial charge in [0.1, 0.15) is 5.69 Å². The third kappa shape index (κ3) is 4.56. The quantitative estimate of drug-likeness (QED) is 0.523. The van der Waals surface area contributed by atoms with Gasteiger partial charge in [0.25, 0.3) is 5.69 Å². The number of nitrogens with two attached hydrogens (primary N) is 1. The fourth-order valence-corrected chi connectivity index (χ4v) is 5.14. The highest BCUT2D eigenvalue weighted by Crippen LogP contribution is 2.32. The fourth-order valence-electron chi connectivity index (χ4n) is 3.66. The summed E-state index contributed by atoms with van der Waals surface area (Å²) in [6, 6.07) is 9.27. The Labute approximate surface area is 169 Å². The lowest BCUT2D eigenvalue weighted by Gasteiger charge is -2.22. The van der Waals surface area contributed by atoms with Gasteiger partial charge in [-0.1, -0.05) is 31.4 Å². The Morgan fingerprint density at radius 2 is 1.83 bits per heavy atom. The van der Waals surface area contributed by atoms with Crippen LogP contribution in [0.3, 0.4) is 0 Å². The number of primary amides is 1. The number of nitrogens with one attached hydrogen (secondary N) is 1. The smallest absolute Gasteiger partial charge is 0.293 e. The van der Waals surface area contributed by atoms with E-state index in [9.17, 15) is 23.3 Å². The molecule has 8 nitrogen and oxygen atoms in total. The lowest BCUT2D eigenvalue weighted by atomic mass is 9.89. The summed E-state index contributed by atoms with van der Waals surface area (Å²) in [6.07, 6.45) is 5.69. The van der Waals surface area contributed by atoms with Crippen LogP contribution in [0.1, 0.15) is 42.5 Å². The van der Waals surface area contributed by atoms with Crippen LogP contribution in [-0.2, 0) is 9.84 Å². The molecule has 0 heterocycles. The van der Waals surface area contributed by atoms with Crippen LogP contribution in [0.25, 0.3) is 0 Å². The largest absolute Gasteiger partial charge is 0.379 e. The zero-order valence-corrected chi connectivity index (χ0v) is 16.7. The average molecular weight is 417 g/mol. The van der Waals surface area contributed by atoms with Crippen LogP contribution in [0.2, 0.25) is 0 Å². The van der Waals surface area contributed by atoms with E-state index in [0.717, 1.165) is 31.7 Å². The third-order valence-corrected chi connectivity index (χ3v) is 7.03. The molecule has 0 saturated heterocycles. The van der Waals surface area contributed by atoms with Gasteiger partial charge in [0.05, 0.1) is 20.3 Å². The van der Waals surface area contributed by atoms with E-state index in [4.69, 9.17) is 5.73 Å². The second-order valence-electron chi connectivity index (χ2n) is 7.18. The van der Waals surface area contributed by atoms with Crippen molar-refractivity contribution in [2.75, 3.05) is 11.9 Å². The highest BCUT2D eigenvalue weighted by atomic mass is 32.2. The molecule has 3 N–H and O–H groups in total. The zero-order valence-electron chi connectivity index (χ0n) is 15.8. The van der Waals surface area contributed by atoms with Crippen molar-refractivity contribution in [2.24, 2.45) is 11.7 Å². The number of nitro groups is 1. The molecule has 1 aliphatic carbocycles. The predicted octanol–water partition coefficient (Wildman–Crippen LogP) is 3.52. The summed E-state index contributed by atoms with van der Waals surface area (Å²) < 4.78 is 26.0. The van der Waals surface area contributed by atoms with Gasteiger partial charge >= 0.3 is 0 Å². The van der Waals surface area contributed by atoms with Gasteiger partial charge in [0, 0.05) is 12.6 Å². The number of nitrogens with zero attached hydrogens (tertiary/aromatic N) is 1. The minimum Gasteiger partial charge on any atom is -0.379 e. The first-order valence-corrected chi connectivity index (χ1v) is 10.9. The zero-order chi connectivity index (χ0) is 21.0. The first-order valence-electron chi connectivity index (χ1n) is 9.47. The van der Waals surface area contributed by atoms with E-state index in [1.54, 1.807) is 0 Å². The van der Waals surface area contributed by atoms with E-state index in [0.29, 0.717) is 12.5 Å². The SMILES string of the molecule is NC(=O)c1ccccc1S(=O)(=O)c1ccc(NCC2CCCCC2)c([N+](=O)[O-])c1. The maximum atomic E-state index is 13.0. The number of hydrogen-bond acceptors (Lipinski definition) is 6. The molecule has 2 aromatic carbocycles. The first-order chi connectivity index (χ1) is 13.8. The summed E-state index contributed by atoms with van der Waals surface area (Å²) in [5.74, 6) is -0.432. The molecule has 0 aliphatic heterocycles. The summed E-state index contributed by atoms with van der Waals surface area (Å²) >= 11 is 0. The molecule has 2 aromatic rings. The molecular weight excluding hydrogens is 394 g/mol. The van der Waals surface area contributed by atoms with Crippen LogP contribution >= 0.6 is 0 Å². The molecule has 0 unspecified atom stereocenters. The Kier molecular flexibility index (Phi) is 6.17. The summed E-state index contributed by atoms with van der Waals surface area (Å²) in [5, 5.41) is 14.7. The summed E-state index contributed by atoms with van der Waals surface area (Å²) in [6.45, 7) is 0.609. The van der Waals surface area contributed by atoms with E-state index in [2.05, 4.69) is 5.32 Å². The van der Waals surface area contributed by atoms with Crippen LogP contribution in [0.5, 0.6) is 0 Å². The second kappa shape index (κ2) is 8.60. The molecule has 154 valence electrons. The summed E-state index contributed by atoms with van der Waals surface area (Å²) in [5.41, 5.74) is 5.08. The van der Waals surface area contributed by atoms with Gasteiger partial charge in [-0.3, -0.25) is 14.9 Å². The number of nitro benzene ring substituents is 1. The summed E-state index contributed by atoms with van der Waals surface area (Å²) in [7, 11) is -4.16. The van der Waals surface area contributed by atoms with Crippen molar-refractivity contribution in [2.45, 2.75) is 41.9 Å². The molecular formula is C20H23N3O5S. The number of amides is 1. The van der Waals surface area contributed by atoms with Gasteiger partial charge in [-0.15, -0.1) is 0 Å². The average Bonchev–Trinajstić information content (AvgIpc) is 2.72. The van der Waals surface area contributed by atoms with E-state index in [1.165, 1.54) is 42.8 Å². The standard InChI is InChI=1S/C20H23N3O5S/c21-20(24)16-8-4-5-9-19(16)29(27,28)15-10-11-17(18(12-15)23(25)26)22-13-14-6-2-1-3-7-14/h4-5,8-12,14,22H,1-3,6-7,13H2,(H2,21,24). The summed E-state index contributed by atoms with van der Waals surface area (Å²) in [4.78, 5) is 22.0. The maximum Gasteiger partial charge on any atom is 0.293 e. The molecule has 1 fully saturated rings. The molecule has 29 heavy (non-hydrogen) atoms. The molecule has 0 radical (unpaired) electrons. The molecule has 1 amide bonds. The maximum absolute atomic E-state index is 13.0. The lowest BCUT2D eigenvalue weighted by Crippen LogP contribution is -2.18. The van der Waals surface area contributed by atoms with E-state index in [-0.39, 0.29) is 26.7 Å². The van der Waals surface area contributed by atoms with Crippen LogP contribution < -0.4 is 11.1 Å². The molecule has 0 bridgehead atoms. The predicted molar refractivity (Wildman–Crippen MR) is 109 cm³/mol. The Hall–Kier alpha value is -2.94. The van der Waals surface area contributed by atoms with Crippen molar-refractivity contribution in [3.05, 3.63) is 58.1 Å². The Morgan fingerprint density at radius 1 is 1.14 bits per heavy atom. The molecule has 9 heteroatoms. The molecule has 3 rings (SSSR count). The minimum atomic E-state index is -4.16. The number of carbonyl (C=O) groups excluding carboxylic acids is 1. The number of benzene rings is 2. The Bertz CT molecular complexity index is 1030. The van der Waals surface area contributed by atoms with Crippen molar-refractivity contribution in [3.8, 4) is 0 Å². The number of anilines is 1. The fraction of sp³-hybridized carbons (Fsp3) is 0.350. The van der Waals surface area contributed by atoms with Gasteiger partial charge in [-0.25, -0.2) is 8.42 Å². The number of rotatable bonds is 7. The van der Waals surface area contributed by atoms with E-state index >= 15 is 0 Å². The highest BCUT2D eigenvalue weighted by molar-refractivity contribution is 7.91. The van der Waals surface area contributed by atoms with Crippen LogP contribution in [-0.4, -0.2) is 25.8 Å². The Balaban J connectivity index is 1.93. The molecule has 0 atom stereocenters. The minimum absolute atomic E-state index is 0.158. The number of carbonyl (C=O) groups is 1. The first kappa shape index (κ1) is 20.8. The van der Waals surface area contributed by atoms with Gasteiger partial charge in [0.2, 0.25) is 15.7 Å². The van der Waals surface area contributed by atoms with Crippen molar-refractivity contribution in [3.63, 3.8) is 0 Å². The molecule has 0 spiro atoms. The van der Waals surface area contributed by atoms with Gasteiger partial charge in [0.15, 0.2) is 0 Å². The lowest BCUT2D eigenvalue weighted by molar-refractivity contribution is -0.384. The van der Waals surface area contributed by atoms with Crippen molar-refractivity contribution >= 4 is 27.1 Å². The van der Waals surface area contributed by atoms with Gasteiger partial charge in [-0.05, 0) is 43.0 Å². The highest BCUT2D eigenvalue weighted by Gasteiger charge is 2.27. The molecule has 0 aromatic heterocycles. The monoisotopic (exact) mass is 417 g/mol. The van der Waals surface area contributed by atoms with Crippen LogP contribution in [0.15, 0.2) is 52.3 Å². The molecule has 1 saturated carbocycles. The Morgan fingerprint density at radius 3 is 2.48 bits per heavy atom. The second-order valence-corrected chi connectivity index (χ2v) is 9.10. The van der Waals surface area contributed by atoms with Crippen molar-refractivity contribution < 1.29 is 18.1 Å². The number of sulfone groups is 1. The normalized spacial score (nSPS) is 15.0. The van der Waals surface area contributed by atoms with E-state index < -0.39 is 20.7 Å². The van der Waals surface area contributed by atoms with Crippen LogP contribution in [0, 0.1) is 16.0 Å². The third-order valence-electron chi connectivity index (χ3n) is 5.22. The topological polar surface area (TPSA) is 132 Å². The van der Waals surface area contributed by atoms with Gasteiger partial charge < -0.3 is 11.1 Å².